The number of benzene rings is 2. The van der Waals surface area contributed by atoms with Crippen molar-refractivity contribution in [3.63, 3.8) is 0 Å². The van der Waals surface area contributed by atoms with Crippen LogP contribution in [0.4, 0.5) is 11.4 Å². The molecule has 0 bridgehead atoms. The zero-order chi connectivity index (χ0) is 16.8. The molecule has 2 rings (SSSR count). The highest BCUT2D eigenvalue weighted by Gasteiger charge is 2.17. The van der Waals surface area contributed by atoms with E-state index in [-0.39, 0.29) is 23.8 Å². The van der Waals surface area contributed by atoms with Gasteiger partial charge in [-0.2, -0.15) is 0 Å². The normalized spacial score (nSPS) is 11.7. The van der Waals surface area contributed by atoms with Crippen LogP contribution in [-0.2, 0) is 11.3 Å². The van der Waals surface area contributed by atoms with Gasteiger partial charge in [0.25, 0.3) is 11.6 Å². The fourth-order valence-corrected chi connectivity index (χ4v) is 2.48. The summed E-state index contributed by atoms with van der Waals surface area (Å²) < 4.78 is 1.01. The zero-order valence-electron chi connectivity index (χ0n) is 12.6. The molecule has 120 valence electrons. The summed E-state index contributed by atoms with van der Waals surface area (Å²) in [5, 5.41) is 13.5. The van der Waals surface area contributed by atoms with E-state index >= 15 is 0 Å². The number of rotatable bonds is 6. The lowest BCUT2D eigenvalue weighted by Crippen LogP contribution is -3.08. The SMILES string of the molecule is C[NH+](CC(=O)Nc1ccccc1[N+](=O)[O-])Cc1ccc(Br)cc1. The van der Waals surface area contributed by atoms with Crippen molar-refractivity contribution >= 4 is 33.2 Å². The highest BCUT2D eigenvalue weighted by molar-refractivity contribution is 9.10. The third kappa shape index (κ3) is 5.15. The summed E-state index contributed by atoms with van der Waals surface area (Å²) in [6, 6.07) is 14.0. The largest absolute Gasteiger partial charge is 0.326 e. The van der Waals surface area contributed by atoms with Crippen molar-refractivity contribution in [1.29, 1.82) is 0 Å². The first-order valence-electron chi connectivity index (χ1n) is 7.04. The molecule has 2 N–H and O–H groups in total. The first-order valence-corrected chi connectivity index (χ1v) is 7.84. The molecule has 1 unspecified atom stereocenters. The molecule has 2 aromatic rings. The van der Waals surface area contributed by atoms with Gasteiger partial charge in [0.2, 0.25) is 0 Å². The van der Waals surface area contributed by atoms with Crippen LogP contribution in [-0.4, -0.2) is 24.4 Å². The Bertz CT molecular complexity index is 704. The standard InChI is InChI=1S/C16H16BrN3O3/c1-19(10-12-6-8-13(17)9-7-12)11-16(21)18-14-4-2-3-5-15(14)20(22)23/h2-9H,10-11H2,1H3,(H,18,21)/p+1. The number of para-hydroxylation sites is 2. The van der Waals surface area contributed by atoms with Gasteiger partial charge in [0.15, 0.2) is 6.54 Å². The van der Waals surface area contributed by atoms with Gasteiger partial charge in [0.1, 0.15) is 12.2 Å². The minimum Gasteiger partial charge on any atom is -0.326 e. The molecule has 7 heteroatoms. The van der Waals surface area contributed by atoms with E-state index in [0.717, 1.165) is 14.9 Å². The average Bonchev–Trinajstić information content (AvgIpc) is 2.49. The van der Waals surface area contributed by atoms with Gasteiger partial charge in [-0.05, 0) is 18.2 Å². The molecule has 0 spiro atoms. The number of hydrogen-bond donors (Lipinski definition) is 2. The van der Waals surface area contributed by atoms with Gasteiger partial charge in [-0.15, -0.1) is 0 Å². The Balaban J connectivity index is 1.94. The van der Waals surface area contributed by atoms with Crippen LogP contribution < -0.4 is 10.2 Å². The second-order valence-electron chi connectivity index (χ2n) is 5.26. The molecule has 0 aromatic heterocycles. The number of halogens is 1. The van der Waals surface area contributed by atoms with E-state index in [0.29, 0.717) is 6.54 Å². The number of carbonyl (C=O) groups excluding carboxylic acids is 1. The van der Waals surface area contributed by atoms with Gasteiger partial charge in [0, 0.05) is 16.1 Å². The van der Waals surface area contributed by atoms with E-state index in [9.17, 15) is 14.9 Å². The Morgan fingerprint density at radius 2 is 1.87 bits per heavy atom. The van der Waals surface area contributed by atoms with E-state index in [1.807, 2.05) is 31.3 Å². The smallest absolute Gasteiger partial charge is 0.292 e. The zero-order valence-corrected chi connectivity index (χ0v) is 14.2. The first kappa shape index (κ1) is 17.1. The number of quaternary nitrogens is 1. The van der Waals surface area contributed by atoms with Crippen LogP contribution in [0.15, 0.2) is 53.0 Å². The van der Waals surface area contributed by atoms with Gasteiger partial charge in [-0.1, -0.05) is 40.2 Å². The number of nitro groups is 1. The third-order valence-corrected chi connectivity index (χ3v) is 3.78. The van der Waals surface area contributed by atoms with E-state index < -0.39 is 4.92 Å². The maximum Gasteiger partial charge on any atom is 0.292 e. The Labute approximate surface area is 142 Å². The van der Waals surface area contributed by atoms with Crippen molar-refractivity contribution in [2.45, 2.75) is 6.54 Å². The van der Waals surface area contributed by atoms with Gasteiger partial charge in [0.05, 0.1) is 12.0 Å². The van der Waals surface area contributed by atoms with Crippen molar-refractivity contribution < 1.29 is 14.6 Å². The molecule has 0 saturated heterocycles. The molecule has 1 atom stereocenters. The Hall–Kier alpha value is -2.25. The monoisotopic (exact) mass is 378 g/mol. The van der Waals surface area contributed by atoms with Crippen molar-refractivity contribution in [3.8, 4) is 0 Å². The van der Waals surface area contributed by atoms with Crippen molar-refractivity contribution in [2.75, 3.05) is 18.9 Å². The maximum absolute atomic E-state index is 12.1. The second kappa shape index (κ2) is 7.85. The number of amides is 1. The number of nitrogens with one attached hydrogen (secondary N) is 2. The lowest BCUT2D eigenvalue weighted by molar-refractivity contribution is -0.885. The molecule has 0 aliphatic carbocycles. The van der Waals surface area contributed by atoms with Crippen molar-refractivity contribution in [1.82, 2.24) is 0 Å². The summed E-state index contributed by atoms with van der Waals surface area (Å²) in [6.07, 6.45) is 0. The van der Waals surface area contributed by atoms with E-state index in [4.69, 9.17) is 0 Å². The number of anilines is 1. The number of nitrogens with zero attached hydrogens (tertiary/aromatic N) is 1. The molecule has 0 saturated carbocycles. The quantitative estimate of drug-likeness (QED) is 0.596. The third-order valence-electron chi connectivity index (χ3n) is 3.26. The summed E-state index contributed by atoms with van der Waals surface area (Å²) >= 11 is 3.38. The molecular formula is C16H17BrN3O3+. The highest BCUT2D eigenvalue weighted by Crippen LogP contribution is 2.22. The predicted octanol–water partition coefficient (Wildman–Crippen LogP) is 2.01. The molecule has 0 radical (unpaired) electrons. The first-order chi connectivity index (χ1) is 11.0. The van der Waals surface area contributed by atoms with Crippen molar-refractivity contribution in [3.05, 3.63) is 68.7 Å². The summed E-state index contributed by atoms with van der Waals surface area (Å²) in [5.41, 5.74) is 1.23. The fraction of sp³-hybridized carbons (Fsp3) is 0.188. The number of carbonyl (C=O) groups is 1. The molecule has 2 aromatic carbocycles. The average molecular weight is 379 g/mol. The minimum absolute atomic E-state index is 0.105. The van der Waals surface area contributed by atoms with Crippen LogP contribution in [0.3, 0.4) is 0 Å². The van der Waals surface area contributed by atoms with Crippen molar-refractivity contribution in [2.24, 2.45) is 0 Å². The Morgan fingerprint density at radius 3 is 2.52 bits per heavy atom. The summed E-state index contributed by atoms with van der Waals surface area (Å²) in [7, 11) is 1.90. The van der Waals surface area contributed by atoms with Gasteiger partial charge in [-0.25, -0.2) is 0 Å². The van der Waals surface area contributed by atoms with Gasteiger partial charge in [-0.3, -0.25) is 14.9 Å². The summed E-state index contributed by atoms with van der Waals surface area (Å²) in [4.78, 5) is 23.5. The topological polar surface area (TPSA) is 76.7 Å². The predicted molar refractivity (Wildman–Crippen MR) is 91.3 cm³/mol. The van der Waals surface area contributed by atoms with Crippen LogP contribution in [0.5, 0.6) is 0 Å². The van der Waals surface area contributed by atoms with E-state index in [2.05, 4.69) is 21.2 Å². The van der Waals surface area contributed by atoms with Crippen LogP contribution in [0, 0.1) is 10.1 Å². The Morgan fingerprint density at radius 1 is 1.22 bits per heavy atom. The lowest BCUT2D eigenvalue weighted by Gasteiger charge is -2.14. The molecule has 0 fully saturated rings. The Kier molecular flexibility index (Phi) is 5.84. The molecular weight excluding hydrogens is 362 g/mol. The maximum atomic E-state index is 12.1. The summed E-state index contributed by atoms with van der Waals surface area (Å²) in [5.74, 6) is -0.256. The molecule has 0 heterocycles. The summed E-state index contributed by atoms with van der Waals surface area (Å²) in [6.45, 7) is 0.916. The minimum atomic E-state index is -0.506. The van der Waals surface area contributed by atoms with Gasteiger partial charge < -0.3 is 10.2 Å². The van der Waals surface area contributed by atoms with E-state index in [1.54, 1.807) is 12.1 Å². The number of nitro benzene ring substituents is 1. The molecule has 6 nitrogen and oxygen atoms in total. The van der Waals surface area contributed by atoms with Crippen LogP contribution >= 0.6 is 15.9 Å². The lowest BCUT2D eigenvalue weighted by atomic mass is 10.2. The van der Waals surface area contributed by atoms with Crippen LogP contribution in [0.2, 0.25) is 0 Å². The highest BCUT2D eigenvalue weighted by atomic mass is 79.9. The molecule has 1 amide bonds. The molecule has 0 aliphatic rings. The van der Waals surface area contributed by atoms with Crippen LogP contribution in [0.1, 0.15) is 5.56 Å². The van der Waals surface area contributed by atoms with Crippen LogP contribution in [0.25, 0.3) is 0 Å². The second-order valence-corrected chi connectivity index (χ2v) is 6.18. The molecule has 0 aliphatic heterocycles. The van der Waals surface area contributed by atoms with Gasteiger partial charge >= 0.3 is 0 Å². The number of hydrogen-bond acceptors (Lipinski definition) is 3. The number of likely N-dealkylation sites (N-methyl/N-ethyl adjacent to an activating group) is 1. The molecule has 23 heavy (non-hydrogen) atoms. The van der Waals surface area contributed by atoms with E-state index in [1.165, 1.54) is 12.1 Å². The fourth-order valence-electron chi connectivity index (χ4n) is 2.22.